The number of aromatic amines is 1. The van der Waals surface area contributed by atoms with Crippen molar-refractivity contribution in [3.63, 3.8) is 0 Å². The number of rotatable bonds is 2. The lowest BCUT2D eigenvalue weighted by Gasteiger charge is -2.31. The standard InChI is InChI=1S/C20H20N4O.CH2O2/c1-23-11-16-10-15(23)12-24(16)20(25)19-17-9-14(7-8-18(17)21-22-19)13-5-3-2-4-6-13;2-1-3/h2-9,15-16H,10-12H2,1H3,(H,21,22);1H,(H,2,3)/t15-,16-;/m0./s1. The van der Waals surface area contributed by atoms with Crippen LogP contribution in [0, 0.1) is 0 Å². The van der Waals surface area contributed by atoms with E-state index in [1.807, 2.05) is 29.2 Å². The molecule has 0 unspecified atom stereocenters. The fourth-order valence-corrected chi connectivity index (χ4v) is 4.24. The first-order valence-corrected chi connectivity index (χ1v) is 9.25. The monoisotopic (exact) mass is 378 g/mol. The molecule has 1 aromatic heterocycles. The van der Waals surface area contributed by atoms with Crippen LogP contribution < -0.4 is 0 Å². The van der Waals surface area contributed by atoms with Gasteiger partial charge >= 0.3 is 0 Å². The molecule has 2 aromatic carbocycles. The lowest BCUT2D eigenvalue weighted by Crippen LogP contribution is -2.47. The Labute approximate surface area is 162 Å². The molecule has 0 radical (unpaired) electrons. The second-order valence-electron chi connectivity index (χ2n) is 7.24. The molecule has 0 spiro atoms. The molecule has 2 N–H and O–H groups in total. The average molecular weight is 378 g/mol. The Morgan fingerprint density at radius 2 is 1.89 bits per heavy atom. The summed E-state index contributed by atoms with van der Waals surface area (Å²) in [6.07, 6.45) is 1.08. The average Bonchev–Trinajstić information content (AvgIpc) is 3.41. The summed E-state index contributed by atoms with van der Waals surface area (Å²) >= 11 is 0. The van der Waals surface area contributed by atoms with Gasteiger partial charge in [0.05, 0.1) is 5.52 Å². The fourth-order valence-electron chi connectivity index (χ4n) is 4.24. The molecule has 144 valence electrons. The Morgan fingerprint density at radius 1 is 1.14 bits per heavy atom. The Bertz CT molecular complexity index is 999. The van der Waals surface area contributed by atoms with Crippen molar-refractivity contribution < 1.29 is 14.7 Å². The van der Waals surface area contributed by atoms with Crippen LogP contribution in [0.5, 0.6) is 0 Å². The third-order valence-electron chi connectivity index (χ3n) is 5.65. The van der Waals surface area contributed by atoms with Gasteiger partial charge in [0.2, 0.25) is 0 Å². The van der Waals surface area contributed by atoms with Gasteiger partial charge in [-0.1, -0.05) is 36.4 Å². The van der Waals surface area contributed by atoms with Crippen LogP contribution in [0.25, 0.3) is 22.0 Å². The lowest BCUT2D eigenvalue weighted by atomic mass is 10.0. The summed E-state index contributed by atoms with van der Waals surface area (Å²) in [6.45, 7) is 1.53. The molecule has 3 aromatic rings. The summed E-state index contributed by atoms with van der Waals surface area (Å²) < 4.78 is 0. The third kappa shape index (κ3) is 3.14. The van der Waals surface area contributed by atoms with Gasteiger partial charge in [0, 0.05) is 30.6 Å². The molecule has 5 rings (SSSR count). The number of benzene rings is 2. The molecule has 28 heavy (non-hydrogen) atoms. The van der Waals surface area contributed by atoms with E-state index in [0.29, 0.717) is 17.8 Å². The number of amides is 1. The van der Waals surface area contributed by atoms with Gasteiger partial charge in [-0.2, -0.15) is 5.10 Å². The first-order valence-electron chi connectivity index (χ1n) is 9.25. The molecule has 2 bridgehead atoms. The van der Waals surface area contributed by atoms with E-state index in [0.717, 1.165) is 41.5 Å². The zero-order valence-corrected chi connectivity index (χ0v) is 15.6. The Hall–Kier alpha value is -3.19. The molecule has 2 fully saturated rings. The first kappa shape index (κ1) is 18.2. The molecule has 2 aliphatic rings. The van der Waals surface area contributed by atoms with Crippen molar-refractivity contribution in [3.8, 4) is 11.1 Å². The number of H-pyrrole nitrogens is 1. The summed E-state index contributed by atoms with van der Waals surface area (Å²) in [6, 6.07) is 17.2. The van der Waals surface area contributed by atoms with Crippen molar-refractivity contribution in [1.82, 2.24) is 20.0 Å². The van der Waals surface area contributed by atoms with Gasteiger partial charge in [-0.25, -0.2) is 0 Å². The van der Waals surface area contributed by atoms with Gasteiger partial charge in [-0.15, -0.1) is 0 Å². The number of likely N-dealkylation sites (N-methyl/N-ethyl adjacent to an activating group) is 1. The molecular formula is C21H22N4O3. The van der Waals surface area contributed by atoms with E-state index in [4.69, 9.17) is 9.90 Å². The minimum Gasteiger partial charge on any atom is -0.483 e. The van der Waals surface area contributed by atoms with Crippen LogP contribution in [0.1, 0.15) is 16.9 Å². The predicted molar refractivity (Wildman–Crippen MR) is 106 cm³/mol. The quantitative estimate of drug-likeness (QED) is 0.669. The minimum atomic E-state index is -0.250. The molecule has 0 saturated carbocycles. The van der Waals surface area contributed by atoms with E-state index in [1.165, 1.54) is 0 Å². The molecule has 2 atom stereocenters. The minimum absolute atomic E-state index is 0.0528. The number of aromatic nitrogens is 2. The first-order chi connectivity index (χ1) is 13.6. The second kappa shape index (κ2) is 7.44. The number of likely N-dealkylation sites (tertiary alicyclic amines) is 2. The third-order valence-corrected chi connectivity index (χ3v) is 5.65. The Balaban J connectivity index is 0.000000604. The summed E-state index contributed by atoms with van der Waals surface area (Å²) in [7, 11) is 2.14. The molecule has 2 aliphatic heterocycles. The van der Waals surface area contributed by atoms with E-state index >= 15 is 0 Å². The molecule has 7 nitrogen and oxygen atoms in total. The van der Waals surface area contributed by atoms with E-state index in [-0.39, 0.29) is 12.4 Å². The van der Waals surface area contributed by atoms with Crippen LogP contribution in [-0.4, -0.2) is 69.7 Å². The molecule has 0 aliphatic carbocycles. The van der Waals surface area contributed by atoms with Crippen molar-refractivity contribution in [2.24, 2.45) is 0 Å². The van der Waals surface area contributed by atoms with Crippen LogP contribution in [0.2, 0.25) is 0 Å². The summed E-state index contributed by atoms with van der Waals surface area (Å²) in [5.74, 6) is 0.0528. The highest BCUT2D eigenvalue weighted by molar-refractivity contribution is 6.06. The van der Waals surface area contributed by atoms with Gasteiger partial charge in [0.25, 0.3) is 12.4 Å². The van der Waals surface area contributed by atoms with Crippen molar-refractivity contribution in [3.05, 3.63) is 54.2 Å². The lowest BCUT2D eigenvalue weighted by molar-refractivity contribution is -0.122. The number of carbonyl (C=O) groups is 2. The maximum absolute atomic E-state index is 13.1. The van der Waals surface area contributed by atoms with Crippen LogP contribution in [-0.2, 0) is 4.79 Å². The highest BCUT2D eigenvalue weighted by atomic mass is 16.3. The maximum atomic E-state index is 13.1. The zero-order valence-electron chi connectivity index (χ0n) is 15.6. The second-order valence-corrected chi connectivity index (χ2v) is 7.24. The SMILES string of the molecule is CN1C[C@@H]2C[C@H]1CN2C(=O)c1n[nH]c2ccc(-c3ccccc3)cc12.O=CO. The van der Waals surface area contributed by atoms with E-state index in [9.17, 15) is 4.79 Å². The molecule has 1 amide bonds. The van der Waals surface area contributed by atoms with Gasteiger partial charge in [0.1, 0.15) is 0 Å². The number of piperazine rings is 1. The van der Waals surface area contributed by atoms with Gasteiger partial charge in [0.15, 0.2) is 5.69 Å². The van der Waals surface area contributed by atoms with Crippen molar-refractivity contribution in [1.29, 1.82) is 0 Å². The van der Waals surface area contributed by atoms with E-state index in [1.54, 1.807) is 0 Å². The number of carbonyl (C=O) groups excluding carboxylic acids is 1. The highest BCUT2D eigenvalue weighted by Gasteiger charge is 2.44. The van der Waals surface area contributed by atoms with Gasteiger partial charge < -0.3 is 10.0 Å². The number of hydrogen-bond acceptors (Lipinski definition) is 4. The van der Waals surface area contributed by atoms with Gasteiger partial charge in [-0.3, -0.25) is 19.6 Å². The van der Waals surface area contributed by atoms with Crippen LogP contribution >= 0.6 is 0 Å². The number of nitrogens with one attached hydrogen (secondary N) is 1. The van der Waals surface area contributed by atoms with Crippen molar-refractivity contribution in [2.75, 3.05) is 20.1 Å². The van der Waals surface area contributed by atoms with Crippen molar-refractivity contribution >= 4 is 23.3 Å². The summed E-state index contributed by atoms with van der Waals surface area (Å²) in [4.78, 5) is 25.8. The zero-order chi connectivity index (χ0) is 19.7. The topological polar surface area (TPSA) is 89.5 Å². The van der Waals surface area contributed by atoms with Crippen LogP contribution in [0.3, 0.4) is 0 Å². The fraction of sp³-hybridized carbons (Fsp3) is 0.286. The summed E-state index contributed by atoms with van der Waals surface area (Å²) in [5, 5.41) is 15.2. The van der Waals surface area contributed by atoms with E-state index < -0.39 is 0 Å². The highest BCUT2D eigenvalue weighted by Crippen LogP contribution is 2.32. The largest absolute Gasteiger partial charge is 0.483 e. The molecule has 3 heterocycles. The number of hydrogen-bond donors (Lipinski definition) is 2. The molecule has 7 heteroatoms. The number of carboxylic acid groups (broad SMARTS) is 1. The number of fused-ring (bicyclic) bond motifs is 3. The molecular weight excluding hydrogens is 356 g/mol. The Kier molecular flexibility index (Phi) is 4.83. The van der Waals surface area contributed by atoms with Gasteiger partial charge in [-0.05, 0) is 36.7 Å². The maximum Gasteiger partial charge on any atom is 0.290 e. The van der Waals surface area contributed by atoms with Crippen LogP contribution in [0.15, 0.2) is 48.5 Å². The number of nitrogens with zero attached hydrogens (tertiary/aromatic N) is 3. The van der Waals surface area contributed by atoms with Crippen molar-refractivity contribution in [2.45, 2.75) is 18.5 Å². The normalized spacial score (nSPS) is 20.8. The van der Waals surface area contributed by atoms with E-state index in [2.05, 4.69) is 46.4 Å². The smallest absolute Gasteiger partial charge is 0.290 e. The summed E-state index contributed by atoms with van der Waals surface area (Å²) in [5.41, 5.74) is 3.70. The molecule has 2 saturated heterocycles. The van der Waals surface area contributed by atoms with Crippen LogP contribution in [0.4, 0.5) is 0 Å². The predicted octanol–water partition coefficient (Wildman–Crippen LogP) is 2.46. The Morgan fingerprint density at radius 3 is 2.54 bits per heavy atom.